The van der Waals surface area contributed by atoms with Crippen molar-refractivity contribution in [2.24, 2.45) is 11.8 Å². The zero-order valence-electron chi connectivity index (χ0n) is 15.4. The van der Waals surface area contributed by atoms with E-state index in [1.54, 1.807) is 18.2 Å². The first-order valence-electron chi connectivity index (χ1n) is 8.71. The topological polar surface area (TPSA) is 101 Å². The number of hydrogen-bond acceptors (Lipinski definition) is 4. The molecular weight excluding hydrogens is 334 g/mol. The maximum Gasteiger partial charge on any atom is 0.349 e. The van der Waals surface area contributed by atoms with Crippen molar-refractivity contribution in [3.05, 3.63) is 44.6 Å². The molecule has 0 aliphatic rings. The van der Waals surface area contributed by atoms with E-state index >= 15 is 0 Å². The molecule has 0 fully saturated rings. The number of rotatable bonds is 5. The summed E-state index contributed by atoms with van der Waals surface area (Å²) in [7, 11) is 0. The quantitative estimate of drug-likeness (QED) is 0.720. The fourth-order valence-corrected chi connectivity index (χ4v) is 2.89. The highest BCUT2D eigenvalue weighted by atomic mass is 16.2. The van der Waals surface area contributed by atoms with Gasteiger partial charge in [0.2, 0.25) is 5.78 Å². The lowest BCUT2D eigenvalue weighted by molar-refractivity contribution is 0.0949. The molecule has 0 radical (unpaired) electrons. The number of carbonyl (C=O) groups is 1. The van der Waals surface area contributed by atoms with Gasteiger partial charge < -0.3 is 5.32 Å². The number of hydrogen-bond donors (Lipinski definition) is 2. The lowest BCUT2D eigenvalue weighted by Crippen LogP contribution is -2.29. The second-order valence-electron chi connectivity index (χ2n) is 7.31. The first-order chi connectivity index (χ1) is 12.3. The Kier molecular flexibility index (Phi) is 4.67. The molecule has 0 saturated carbocycles. The number of carbonyl (C=O) groups excluding carboxylic acids is 1. The van der Waals surface area contributed by atoms with Gasteiger partial charge in [-0.15, -0.1) is 5.10 Å². The van der Waals surface area contributed by atoms with Gasteiger partial charge in [-0.2, -0.15) is 0 Å². The summed E-state index contributed by atoms with van der Waals surface area (Å²) in [5, 5.41) is 9.62. The summed E-state index contributed by atoms with van der Waals surface area (Å²) in [6.07, 6.45) is 0. The van der Waals surface area contributed by atoms with Gasteiger partial charge >= 0.3 is 5.69 Å². The first kappa shape index (κ1) is 17.9. The Bertz CT molecular complexity index is 1090. The highest BCUT2D eigenvalue weighted by Crippen LogP contribution is 2.14. The maximum absolute atomic E-state index is 12.9. The SMILES string of the molecule is CC(C)CNC(=O)c1ccc2c(=O)n(CC(C)C)c3n[nH]c(=O)n3c2c1. The minimum Gasteiger partial charge on any atom is -0.352 e. The summed E-state index contributed by atoms with van der Waals surface area (Å²) in [5.74, 6) is 0.547. The molecule has 3 rings (SSSR count). The fourth-order valence-electron chi connectivity index (χ4n) is 2.89. The zero-order chi connectivity index (χ0) is 19.0. The van der Waals surface area contributed by atoms with Crippen molar-refractivity contribution in [1.29, 1.82) is 0 Å². The number of H-pyrrole nitrogens is 1. The summed E-state index contributed by atoms with van der Waals surface area (Å²) in [5.41, 5.74) is 0.103. The van der Waals surface area contributed by atoms with Crippen LogP contribution in [0.25, 0.3) is 16.7 Å². The predicted molar refractivity (Wildman–Crippen MR) is 99.6 cm³/mol. The van der Waals surface area contributed by atoms with Crippen LogP contribution in [0.5, 0.6) is 0 Å². The molecule has 2 heterocycles. The van der Waals surface area contributed by atoms with Crippen molar-refractivity contribution in [3.8, 4) is 0 Å². The van der Waals surface area contributed by atoms with E-state index in [4.69, 9.17) is 0 Å². The summed E-state index contributed by atoms with van der Waals surface area (Å²) in [4.78, 5) is 37.5. The lowest BCUT2D eigenvalue weighted by Gasteiger charge is -2.13. The van der Waals surface area contributed by atoms with E-state index in [0.29, 0.717) is 35.5 Å². The Hall–Kier alpha value is -2.90. The van der Waals surface area contributed by atoms with Crippen molar-refractivity contribution in [3.63, 3.8) is 0 Å². The van der Waals surface area contributed by atoms with Gasteiger partial charge in [0.1, 0.15) is 0 Å². The van der Waals surface area contributed by atoms with Gasteiger partial charge in [0.15, 0.2) is 0 Å². The molecule has 8 nitrogen and oxygen atoms in total. The molecule has 0 bridgehead atoms. The van der Waals surface area contributed by atoms with Gasteiger partial charge in [0, 0.05) is 18.7 Å². The third-order valence-corrected chi connectivity index (χ3v) is 4.09. The second-order valence-corrected chi connectivity index (χ2v) is 7.31. The van der Waals surface area contributed by atoms with Crippen LogP contribution in [-0.2, 0) is 6.54 Å². The van der Waals surface area contributed by atoms with Crippen LogP contribution in [0.15, 0.2) is 27.8 Å². The van der Waals surface area contributed by atoms with Gasteiger partial charge in [-0.05, 0) is 30.0 Å². The largest absolute Gasteiger partial charge is 0.352 e. The fraction of sp³-hybridized carbons (Fsp3) is 0.444. The average Bonchev–Trinajstić information content (AvgIpc) is 2.97. The molecule has 8 heteroatoms. The van der Waals surface area contributed by atoms with Gasteiger partial charge in [-0.1, -0.05) is 27.7 Å². The number of aromatic amines is 1. The van der Waals surface area contributed by atoms with Gasteiger partial charge in [-0.3, -0.25) is 14.2 Å². The summed E-state index contributed by atoms with van der Waals surface area (Å²) in [6.45, 7) is 8.98. The van der Waals surface area contributed by atoms with Gasteiger partial charge in [-0.25, -0.2) is 14.3 Å². The molecule has 1 amide bonds. The minimum atomic E-state index is -0.442. The van der Waals surface area contributed by atoms with Crippen LogP contribution in [0.1, 0.15) is 38.1 Å². The molecule has 0 aliphatic heterocycles. The van der Waals surface area contributed by atoms with Gasteiger partial charge in [0.25, 0.3) is 11.5 Å². The smallest absolute Gasteiger partial charge is 0.349 e. The molecule has 2 N–H and O–H groups in total. The highest BCUT2D eigenvalue weighted by molar-refractivity contribution is 5.98. The monoisotopic (exact) mass is 357 g/mol. The Balaban J connectivity index is 2.23. The third kappa shape index (κ3) is 3.14. The first-order valence-corrected chi connectivity index (χ1v) is 8.71. The Morgan fingerprint density at radius 2 is 1.92 bits per heavy atom. The van der Waals surface area contributed by atoms with Crippen LogP contribution in [0.4, 0.5) is 0 Å². The number of amides is 1. The molecule has 138 valence electrons. The van der Waals surface area contributed by atoms with Crippen molar-refractivity contribution in [2.75, 3.05) is 6.54 Å². The number of fused-ring (bicyclic) bond motifs is 3. The highest BCUT2D eigenvalue weighted by Gasteiger charge is 2.17. The number of nitrogens with one attached hydrogen (secondary N) is 2. The van der Waals surface area contributed by atoms with E-state index in [-0.39, 0.29) is 23.2 Å². The van der Waals surface area contributed by atoms with Crippen LogP contribution in [0.3, 0.4) is 0 Å². The Morgan fingerprint density at radius 3 is 2.58 bits per heavy atom. The lowest BCUT2D eigenvalue weighted by atomic mass is 10.1. The molecule has 0 unspecified atom stereocenters. The number of aromatic nitrogens is 4. The van der Waals surface area contributed by atoms with Crippen molar-refractivity contribution in [2.45, 2.75) is 34.2 Å². The van der Waals surface area contributed by atoms with Crippen LogP contribution >= 0.6 is 0 Å². The van der Waals surface area contributed by atoms with E-state index in [0.717, 1.165) is 0 Å². The molecule has 2 aromatic heterocycles. The molecule has 3 aromatic rings. The van der Waals surface area contributed by atoms with Crippen molar-refractivity contribution in [1.82, 2.24) is 24.5 Å². The normalized spacial score (nSPS) is 11.8. The summed E-state index contributed by atoms with van der Waals surface area (Å²) < 4.78 is 2.84. The molecule has 0 spiro atoms. The minimum absolute atomic E-state index is 0.210. The van der Waals surface area contributed by atoms with Crippen LogP contribution in [-0.4, -0.2) is 31.6 Å². The third-order valence-electron chi connectivity index (χ3n) is 4.09. The van der Waals surface area contributed by atoms with Gasteiger partial charge in [0.05, 0.1) is 10.9 Å². The van der Waals surface area contributed by atoms with E-state index < -0.39 is 5.69 Å². The number of benzene rings is 1. The molecule has 26 heavy (non-hydrogen) atoms. The zero-order valence-corrected chi connectivity index (χ0v) is 15.4. The Morgan fingerprint density at radius 1 is 1.19 bits per heavy atom. The van der Waals surface area contributed by atoms with E-state index in [1.165, 1.54) is 8.97 Å². The summed E-state index contributed by atoms with van der Waals surface area (Å²) >= 11 is 0. The molecule has 0 atom stereocenters. The summed E-state index contributed by atoms with van der Waals surface area (Å²) in [6, 6.07) is 4.77. The molecule has 1 aromatic carbocycles. The molecule has 0 aliphatic carbocycles. The Labute approximate surface area is 149 Å². The van der Waals surface area contributed by atoms with E-state index in [9.17, 15) is 14.4 Å². The van der Waals surface area contributed by atoms with E-state index in [2.05, 4.69) is 15.5 Å². The average molecular weight is 357 g/mol. The van der Waals surface area contributed by atoms with Crippen molar-refractivity contribution < 1.29 is 4.79 Å². The van der Waals surface area contributed by atoms with Crippen molar-refractivity contribution >= 4 is 22.6 Å². The molecular formula is C18H23N5O3. The number of nitrogens with zero attached hydrogens (tertiary/aromatic N) is 3. The van der Waals surface area contributed by atoms with E-state index in [1.807, 2.05) is 27.7 Å². The van der Waals surface area contributed by atoms with Crippen LogP contribution < -0.4 is 16.6 Å². The predicted octanol–water partition coefficient (Wildman–Crippen LogP) is 1.38. The van der Waals surface area contributed by atoms with Crippen LogP contribution in [0, 0.1) is 11.8 Å². The standard InChI is InChI=1S/C18H23N5O3/c1-10(2)8-19-15(24)12-5-6-13-14(7-12)23-17(20-21-18(23)26)22(16(13)25)9-11(3)4/h5-7,10-11H,8-9H2,1-4H3,(H,19,24)(H,21,26). The second kappa shape index (κ2) is 6.78. The molecule has 0 saturated heterocycles. The maximum atomic E-state index is 12.9. The van der Waals surface area contributed by atoms with Crippen LogP contribution in [0.2, 0.25) is 0 Å².